The molecule has 5 nitrogen and oxygen atoms in total. The Hall–Kier alpha value is -3.59. The largest absolute Gasteiger partial charge is 0.362 e. The maximum atomic E-state index is 13.3. The summed E-state index contributed by atoms with van der Waals surface area (Å²) in [5, 5.41) is 12.7. The number of nitrogens with one attached hydrogen (secondary N) is 1. The molecule has 1 aliphatic heterocycles. The van der Waals surface area contributed by atoms with Gasteiger partial charge in [-0.1, -0.05) is 30.3 Å². The average Bonchev–Trinajstić information content (AvgIpc) is 2.99. The van der Waals surface area contributed by atoms with Crippen LogP contribution in [0.15, 0.2) is 48.5 Å². The molecule has 1 aromatic heterocycles. The van der Waals surface area contributed by atoms with Gasteiger partial charge in [0.2, 0.25) is 5.91 Å². The third kappa shape index (κ3) is 4.17. The fourth-order valence-electron chi connectivity index (χ4n) is 4.22. The van der Waals surface area contributed by atoms with Gasteiger partial charge in [0.25, 0.3) is 0 Å². The van der Waals surface area contributed by atoms with E-state index in [-0.39, 0.29) is 18.3 Å². The van der Waals surface area contributed by atoms with Gasteiger partial charge in [-0.3, -0.25) is 4.79 Å². The van der Waals surface area contributed by atoms with Gasteiger partial charge in [-0.05, 0) is 61.6 Å². The number of hydrogen-bond donors (Lipinski definition) is 1. The standard InChI is InChI=1S/C25H25FN4O/c1-17-18(2)30(15-19-9-11-21(26)12-10-19)25(22(17)14-27)28-24(31)16-29-13-5-7-20-6-3-4-8-23(20)29/h3-4,6,8-12H,5,7,13,15-16H2,1-2H3,(H,28,31). The van der Waals surface area contributed by atoms with Crippen LogP contribution in [0.1, 0.15) is 34.4 Å². The molecule has 0 saturated carbocycles. The summed E-state index contributed by atoms with van der Waals surface area (Å²) in [5.74, 6) is 0.0420. The van der Waals surface area contributed by atoms with Crippen LogP contribution in [0.4, 0.5) is 15.9 Å². The van der Waals surface area contributed by atoms with Crippen molar-refractivity contribution in [3.63, 3.8) is 0 Å². The molecular weight excluding hydrogens is 391 g/mol. The molecule has 1 amide bonds. The van der Waals surface area contributed by atoms with Crippen molar-refractivity contribution in [2.24, 2.45) is 0 Å². The van der Waals surface area contributed by atoms with Crippen LogP contribution < -0.4 is 10.2 Å². The average molecular weight is 417 g/mol. The zero-order valence-corrected chi connectivity index (χ0v) is 17.8. The number of aromatic nitrogens is 1. The number of rotatable bonds is 5. The van der Waals surface area contributed by atoms with Gasteiger partial charge in [0.1, 0.15) is 17.7 Å². The molecule has 0 bridgehead atoms. The number of anilines is 2. The van der Waals surface area contributed by atoms with Crippen molar-refractivity contribution >= 4 is 17.4 Å². The number of nitrogens with zero attached hydrogens (tertiary/aromatic N) is 3. The van der Waals surface area contributed by atoms with E-state index in [1.54, 1.807) is 12.1 Å². The first kappa shape index (κ1) is 20.7. The Bertz CT molecular complexity index is 1160. The van der Waals surface area contributed by atoms with Gasteiger partial charge in [0.15, 0.2) is 0 Å². The van der Waals surface area contributed by atoms with E-state index in [1.807, 2.05) is 36.6 Å². The van der Waals surface area contributed by atoms with Crippen LogP contribution in [0.2, 0.25) is 0 Å². The van der Waals surface area contributed by atoms with E-state index < -0.39 is 0 Å². The molecule has 0 saturated heterocycles. The van der Waals surface area contributed by atoms with Gasteiger partial charge in [-0.15, -0.1) is 0 Å². The highest BCUT2D eigenvalue weighted by molar-refractivity contribution is 5.95. The lowest BCUT2D eigenvalue weighted by Crippen LogP contribution is -2.37. The molecule has 0 atom stereocenters. The summed E-state index contributed by atoms with van der Waals surface area (Å²) in [6.45, 7) is 5.30. The number of nitriles is 1. The number of carbonyl (C=O) groups is 1. The van der Waals surface area contributed by atoms with Crippen LogP contribution in [0.25, 0.3) is 0 Å². The normalized spacial score (nSPS) is 12.9. The van der Waals surface area contributed by atoms with Crippen LogP contribution in [0, 0.1) is 31.0 Å². The minimum absolute atomic E-state index is 0.161. The number of benzene rings is 2. The van der Waals surface area contributed by atoms with E-state index in [4.69, 9.17) is 0 Å². The predicted molar refractivity (Wildman–Crippen MR) is 120 cm³/mol. The number of aryl methyl sites for hydroxylation is 1. The molecule has 0 spiro atoms. The summed E-state index contributed by atoms with van der Waals surface area (Å²) in [7, 11) is 0. The van der Waals surface area contributed by atoms with Crippen molar-refractivity contribution in [2.75, 3.05) is 23.3 Å². The lowest BCUT2D eigenvalue weighted by molar-refractivity contribution is -0.115. The molecule has 0 aliphatic carbocycles. The second-order valence-electron chi connectivity index (χ2n) is 7.96. The Morgan fingerprint density at radius 3 is 2.65 bits per heavy atom. The topological polar surface area (TPSA) is 61.1 Å². The Morgan fingerprint density at radius 1 is 1.16 bits per heavy atom. The van der Waals surface area contributed by atoms with Gasteiger partial charge < -0.3 is 14.8 Å². The predicted octanol–water partition coefficient (Wildman–Crippen LogP) is 4.56. The van der Waals surface area contributed by atoms with Gasteiger partial charge in [0, 0.05) is 24.5 Å². The fraction of sp³-hybridized carbons (Fsp3) is 0.280. The van der Waals surface area contributed by atoms with E-state index in [9.17, 15) is 14.4 Å². The summed E-state index contributed by atoms with van der Waals surface area (Å²) < 4.78 is 15.2. The molecule has 3 aromatic rings. The second kappa shape index (κ2) is 8.65. The van der Waals surface area contributed by atoms with Crippen molar-refractivity contribution in [1.29, 1.82) is 5.26 Å². The molecule has 0 fully saturated rings. The fourth-order valence-corrected chi connectivity index (χ4v) is 4.22. The van der Waals surface area contributed by atoms with E-state index in [1.165, 1.54) is 17.7 Å². The molecule has 2 aromatic carbocycles. The molecule has 0 unspecified atom stereocenters. The molecular formula is C25H25FN4O. The van der Waals surface area contributed by atoms with Crippen molar-refractivity contribution < 1.29 is 9.18 Å². The third-order valence-corrected chi connectivity index (χ3v) is 5.99. The number of amides is 1. The van der Waals surface area contributed by atoms with Crippen LogP contribution >= 0.6 is 0 Å². The van der Waals surface area contributed by atoms with Crippen LogP contribution in [-0.2, 0) is 17.8 Å². The highest BCUT2D eigenvalue weighted by Crippen LogP contribution is 2.29. The summed E-state index contributed by atoms with van der Waals surface area (Å²) >= 11 is 0. The first-order valence-electron chi connectivity index (χ1n) is 10.4. The summed E-state index contributed by atoms with van der Waals surface area (Å²) in [5.41, 5.74) is 5.45. The van der Waals surface area contributed by atoms with Gasteiger partial charge in [-0.25, -0.2) is 4.39 Å². The Labute approximate surface area is 181 Å². The second-order valence-corrected chi connectivity index (χ2v) is 7.96. The highest BCUT2D eigenvalue weighted by Gasteiger charge is 2.23. The van der Waals surface area contributed by atoms with E-state index in [2.05, 4.69) is 22.4 Å². The maximum Gasteiger partial charge on any atom is 0.245 e. The van der Waals surface area contributed by atoms with Crippen molar-refractivity contribution in [1.82, 2.24) is 4.57 Å². The summed E-state index contributed by atoms with van der Waals surface area (Å²) in [4.78, 5) is 15.1. The minimum atomic E-state index is -0.294. The molecule has 1 N–H and O–H groups in total. The maximum absolute atomic E-state index is 13.3. The quantitative estimate of drug-likeness (QED) is 0.664. The SMILES string of the molecule is Cc1c(C#N)c(NC(=O)CN2CCCc3ccccc32)n(Cc2ccc(F)cc2)c1C. The van der Waals surface area contributed by atoms with E-state index in [0.29, 0.717) is 17.9 Å². The Kier molecular flexibility index (Phi) is 5.77. The molecule has 158 valence electrons. The molecule has 31 heavy (non-hydrogen) atoms. The van der Waals surface area contributed by atoms with Crippen LogP contribution in [-0.4, -0.2) is 23.6 Å². The van der Waals surface area contributed by atoms with E-state index in [0.717, 1.165) is 41.9 Å². The molecule has 1 aliphatic rings. The van der Waals surface area contributed by atoms with Crippen molar-refractivity contribution in [2.45, 2.75) is 33.2 Å². The zero-order valence-electron chi connectivity index (χ0n) is 17.8. The number of halogens is 1. The smallest absolute Gasteiger partial charge is 0.245 e. The minimum Gasteiger partial charge on any atom is -0.362 e. The van der Waals surface area contributed by atoms with Crippen LogP contribution in [0.5, 0.6) is 0 Å². The molecule has 2 heterocycles. The Balaban J connectivity index is 1.59. The van der Waals surface area contributed by atoms with Gasteiger partial charge in [0.05, 0.1) is 12.1 Å². The number of hydrogen-bond acceptors (Lipinski definition) is 3. The number of para-hydroxylation sites is 1. The van der Waals surface area contributed by atoms with Gasteiger partial charge in [-0.2, -0.15) is 5.26 Å². The zero-order chi connectivity index (χ0) is 22.0. The first-order chi connectivity index (χ1) is 15.0. The summed E-state index contributed by atoms with van der Waals surface area (Å²) in [6.07, 6.45) is 2.03. The lowest BCUT2D eigenvalue weighted by atomic mass is 10.0. The molecule has 4 rings (SSSR count). The summed E-state index contributed by atoms with van der Waals surface area (Å²) in [6, 6.07) is 16.7. The third-order valence-electron chi connectivity index (χ3n) is 5.99. The van der Waals surface area contributed by atoms with Gasteiger partial charge >= 0.3 is 0 Å². The number of carbonyl (C=O) groups excluding carboxylic acids is 1. The highest BCUT2D eigenvalue weighted by atomic mass is 19.1. The lowest BCUT2D eigenvalue weighted by Gasteiger charge is -2.30. The van der Waals surface area contributed by atoms with Crippen molar-refractivity contribution in [3.8, 4) is 6.07 Å². The Morgan fingerprint density at radius 2 is 1.90 bits per heavy atom. The van der Waals surface area contributed by atoms with Crippen LogP contribution in [0.3, 0.4) is 0 Å². The first-order valence-corrected chi connectivity index (χ1v) is 10.4. The monoisotopic (exact) mass is 416 g/mol. The number of fused-ring (bicyclic) bond motifs is 1. The molecule has 0 radical (unpaired) electrons. The van der Waals surface area contributed by atoms with Crippen molar-refractivity contribution in [3.05, 3.63) is 82.3 Å². The van der Waals surface area contributed by atoms with E-state index >= 15 is 0 Å². The molecule has 6 heteroatoms.